The van der Waals surface area contributed by atoms with Crippen LogP contribution < -0.4 is 10.6 Å². The second-order valence-corrected chi connectivity index (χ2v) is 8.55. The molecule has 1 saturated heterocycles. The first-order valence-corrected chi connectivity index (χ1v) is 11.3. The van der Waals surface area contributed by atoms with Crippen molar-refractivity contribution in [1.82, 2.24) is 15.5 Å². The maximum absolute atomic E-state index is 3.46. The molecule has 3 rings (SSSR count). The molecule has 2 N–H and O–H groups in total. The van der Waals surface area contributed by atoms with Crippen molar-refractivity contribution in [2.24, 2.45) is 0 Å². The third kappa shape index (κ3) is 6.59. The molecule has 0 bridgehead atoms. The molecular formula is C21H35N3S. The Morgan fingerprint density at radius 2 is 1.60 bits per heavy atom. The van der Waals surface area contributed by atoms with Crippen LogP contribution in [0.1, 0.15) is 56.1 Å². The minimum Gasteiger partial charge on any atom is -0.314 e. The first-order chi connectivity index (χ1) is 12.4. The number of fused-ring (bicyclic) bond motifs is 1. The Morgan fingerprint density at radius 3 is 2.44 bits per heavy atom. The number of nitrogens with one attached hydrogen (secondary N) is 2. The van der Waals surface area contributed by atoms with E-state index in [2.05, 4.69) is 45.5 Å². The Bertz CT molecular complexity index is 500. The fourth-order valence-electron chi connectivity index (χ4n) is 3.87. The van der Waals surface area contributed by atoms with Crippen LogP contribution in [0.4, 0.5) is 0 Å². The predicted molar refractivity (Wildman–Crippen MR) is 109 cm³/mol. The number of benzene rings is 1. The lowest BCUT2D eigenvalue weighted by Crippen LogP contribution is -2.43. The van der Waals surface area contributed by atoms with Crippen molar-refractivity contribution in [3.05, 3.63) is 29.3 Å². The summed E-state index contributed by atoms with van der Waals surface area (Å²) < 4.78 is 0. The average Bonchev–Trinajstić information content (AvgIpc) is 3.13. The van der Waals surface area contributed by atoms with Gasteiger partial charge in [-0.2, -0.15) is 0 Å². The van der Waals surface area contributed by atoms with Gasteiger partial charge in [0.15, 0.2) is 0 Å². The number of thioether (sulfide) groups is 1. The first kappa shape index (κ1) is 19.2. The number of hydrogen-bond donors (Lipinski definition) is 2. The molecule has 1 fully saturated rings. The Kier molecular flexibility index (Phi) is 8.63. The average molecular weight is 362 g/mol. The van der Waals surface area contributed by atoms with E-state index in [9.17, 15) is 0 Å². The number of hydrogen-bond acceptors (Lipinski definition) is 4. The summed E-state index contributed by atoms with van der Waals surface area (Å²) in [6, 6.07) is 6.78. The maximum Gasteiger partial charge on any atom is 0.0223 e. The molecule has 1 aromatic rings. The van der Waals surface area contributed by atoms with Crippen LogP contribution in [0.15, 0.2) is 23.1 Å². The van der Waals surface area contributed by atoms with Gasteiger partial charge in [0.05, 0.1) is 0 Å². The summed E-state index contributed by atoms with van der Waals surface area (Å²) in [5.41, 5.74) is 3.06. The summed E-state index contributed by atoms with van der Waals surface area (Å²) in [6.45, 7) is 8.29. The fourth-order valence-corrected chi connectivity index (χ4v) is 4.99. The van der Waals surface area contributed by atoms with Gasteiger partial charge < -0.3 is 15.5 Å². The van der Waals surface area contributed by atoms with E-state index in [1.807, 2.05) is 0 Å². The summed E-state index contributed by atoms with van der Waals surface area (Å²) in [5.74, 6) is 1.28. The van der Waals surface area contributed by atoms with E-state index in [0.717, 1.165) is 13.1 Å². The van der Waals surface area contributed by atoms with Crippen LogP contribution in [0.25, 0.3) is 0 Å². The Labute approximate surface area is 158 Å². The molecular weight excluding hydrogens is 326 g/mol. The summed E-state index contributed by atoms with van der Waals surface area (Å²) in [6.07, 6.45) is 9.85. The lowest BCUT2D eigenvalue weighted by molar-refractivity contribution is 0.236. The van der Waals surface area contributed by atoms with Gasteiger partial charge in [-0.15, -0.1) is 11.8 Å². The van der Waals surface area contributed by atoms with Crippen molar-refractivity contribution in [3.8, 4) is 0 Å². The molecule has 140 valence electrons. The third-order valence-corrected chi connectivity index (χ3v) is 6.62. The molecule has 25 heavy (non-hydrogen) atoms. The van der Waals surface area contributed by atoms with Crippen LogP contribution in [-0.2, 0) is 13.1 Å². The molecule has 4 heteroatoms. The van der Waals surface area contributed by atoms with Crippen molar-refractivity contribution in [3.63, 3.8) is 0 Å². The largest absolute Gasteiger partial charge is 0.314 e. The third-order valence-electron chi connectivity index (χ3n) is 5.43. The van der Waals surface area contributed by atoms with Gasteiger partial charge in [0.2, 0.25) is 0 Å². The molecule has 1 aromatic carbocycles. The van der Waals surface area contributed by atoms with Gasteiger partial charge in [0, 0.05) is 44.2 Å². The predicted octanol–water partition coefficient (Wildman–Crippen LogP) is 4.02. The molecule has 2 aliphatic rings. The van der Waals surface area contributed by atoms with Gasteiger partial charge in [-0.05, 0) is 42.3 Å². The van der Waals surface area contributed by atoms with Gasteiger partial charge in [0.25, 0.3) is 0 Å². The summed E-state index contributed by atoms with van der Waals surface area (Å²) in [4.78, 5) is 4.12. The Hall–Kier alpha value is -0.550. The second-order valence-electron chi connectivity index (χ2n) is 7.41. The molecule has 3 nitrogen and oxygen atoms in total. The Balaban J connectivity index is 1.15. The van der Waals surface area contributed by atoms with Crippen molar-refractivity contribution in [1.29, 1.82) is 0 Å². The zero-order valence-electron chi connectivity index (χ0n) is 15.7. The molecule has 0 radical (unpaired) electrons. The van der Waals surface area contributed by atoms with Gasteiger partial charge in [-0.3, -0.25) is 0 Å². The van der Waals surface area contributed by atoms with Crippen molar-refractivity contribution < 1.29 is 0 Å². The van der Waals surface area contributed by atoms with Gasteiger partial charge in [-0.25, -0.2) is 0 Å². The van der Waals surface area contributed by atoms with Crippen LogP contribution in [-0.4, -0.2) is 43.4 Å². The number of piperazine rings is 1. The number of nitrogens with zero attached hydrogens (tertiary/aromatic N) is 1. The number of rotatable bonds is 11. The minimum atomic E-state index is 1.05. The van der Waals surface area contributed by atoms with E-state index < -0.39 is 0 Å². The molecule has 0 spiro atoms. The minimum absolute atomic E-state index is 1.05. The normalized spacial score (nSPS) is 17.8. The standard InChI is InChI=1S/C21H35N3S/c1(2-4-6-13-24-14-11-22-12-15-24)3-5-7-16-25-21-10-8-9-19-17-23-18-20(19)21/h8-10,22-23H,1-7,11-18H2. The van der Waals surface area contributed by atoms with Gasteiger partial charge in [-0.1, -0.05) is 44.2 Å². The highest BCUT2D eigenvalue weighted by molar-refractivity contribution is 7.99. The zero-order valence-corrected chi connectivity index (χ0v) is 16.5. The van der Waals surface area contributed by atoms with Crippen molar-refractivity contribution in [2.75, 3.05) is 38.5 Å². The zero-order chi connectivity index (χ0) is 17.2. The molecule has 0 aromatic heterocycles. The highest BCUT2D eigenvalue weighted by Crippen LogP contribution is 2.29. The van der Waals surface area contributed by atoms with Crippen molar-refractivity contribution in [2.45, 2.75) is 62.9 Å². The molecule has 0 aliphatic carbocycles. The molecule has 2 heterocycles. The Morgan fingerprint density at radius 1 is 0.840 bits per heavy atom. The SMILES string of the molecule is c1cc2c(c(SCCCCCCCCCN3CCNCC3)c1)CNC2. The second kappa shape index (κ2) is 11.2. The fraction of sp³-hybridized carbons (Fsp3) is 0.714. The van der Waals surface area contributed by atoms with Crippen LogP contribution in [0.3, 0.4) is 0 Å². The van der Waals surface area contributed by atoms with E-state index in [-0.39, 0.29) is 0 Å². The molecule has 0 saturated carbocycles. The summed E-state index contributed by atoms with van der Waals surface area (Å²) >= 11 is 2.06. The summed E-state index contributed by atoms with van der Waals surface area (Å²) in [7, 11) is 0. The topological polar surface area (TPSA) is 27.3 Å². The molecule has 0 amide bonds. The maximum atomic E-state index is 3.46. The van der Waals surface area contributed by atoms with Crippen LogP contribution >= 0.6 is 11.8 Å². The van der Waals surface area contributed by atoms with Crippen LogP contribution in [0.5, 0.6) is 0 Å². The van der Waals surface area contributed by atoms with Crippen molar-refractivity contribution >= 4 is 11.8 Å². The highest BCUT2D eigenvalue weighted by Gasteiger charge is 2.13. The van der Waals surface area contributed by atoms with E-state index in [1.54, 1.807) is 5.56 Å². The van der Waals surface area contributed by atoms with E-state index in [0.29, 0.717) is 0 Å². The van der Waals surface area contributed by atoms with Crippen LogP contribution in [0.2, 0.25) is 0 Å². The van der Waals surface area contributed by atoms with Crippen LogP contribution in [0, 0.1) is 0 Å². The highest BCUT2D eigenvalue weighted by atomic mass is 32.2. The lowest BCUT2D eigenvalue weighted by Gasteiger charge is -2.27. The monoisotopic (exact) mass is 361 g/mol. The van der Waals surface area contributed by atoms with Gasteiger partial charge >= 0.3 is 0 Å². The van der Waals surface area contributed by atoms with E-state index >= 15 is 0 Å². The molecule has 0 atom stereocenters. The summed E-state index contributed by atoms with van der Waals surface area (Å²) in [5, 5.41) is 6.89. The first-order valence-electron chi connectivity index (χ1n) is 10.3. The quantitative estimate of drug-likeness (QED) is 0.460. The van der Waals surface area contributed by atoms with Gasteiger partial charge in [0.1, 0.15) is 0 Å². The smallest absolute Gasteiger partial charge is 0.0223 e. The molecule has 2 aliphatic heterocycles. The lowest BCUT2D eigenvalue weighted by atomic mass is 10.1. The molecule has 0 unspecified atom stereocenters. The van der Waals surface area contributed by atoms with E-state index in [4.69, 9.17) is 0 Å². The van der Waals surface area contributed by atoms with E-state index in [1.165, 1.54) is 93.9 Å². The number of unbranched alkanes of at least 4 members (excludes halogenated alkanes) is 6.